The number of anilines is 1. The van der Waals surface area contributed by atoms with Gasteiger partial charge in [0.05, 0.1) is 16.4 Å². The highest BCUT2D eigenvalue weighted by atomic mass is 79.9. The molecule has 2 rings (SSSR count). The third kappa shape index (κ3) is 4.61. The maximum absolute atomic E-state index is 11.3. The second kappa shape index (κ2) is 6.67. The fourth-order valence-corrected chi connectivity index (χ4v) is 3.61. The van der Waals surface area contributed by atoms with Crippen LogP contribution in [0.4, 0.5) is 11.5 Å². The normalized spacial score (nSPS) is 18.3. The lowest BCUT2D eigenvalue weighted by atomic mass is 10.4. The number of hydrogen-bond donors (Lipinski definition) is 1. The molecule has 0 atom stereocenters. The van der Waals surface area contributed by atoms with Crippen LogP contribution in [0.25, 0.3) is 0 Å². The summed E-state index contributed by atoms with van der Waals surface area (Å²) in [5.41, 5.74) is -0.0920. The van der Waals surface area contributed by atoms with Crippen molar-refractivity contribution in [2.75, 3.05) is 43.0 Å². The molecule has 10 heteroatoms. The van der Waals surface area contributed by atoms with Gasteiger partial charge in [0.2, 0.25) is 5.82 Å². The van der Waals surface area contributed by atoms with Crippen LogP contribution in [0.3, 0.4) is 0 Å². The van der Waals surface area contributed by atoms with Gasteiger partial charge in [-0.25, -0.2) is 13.4 Å². The van der Waals surface area contributed by atoms with Crippen LogP contribution in [0.15, 0.2) is 16.7 Å². The number of aromatic nitrogens is 1. The topological polar surface area (TPSA) is 105 Å². The first-order chi connectivity index (χ1) is 9.87. The lowest BCUT2D eigenvalue weighted by molar-refractivity contribution is -0.384. The van der Waals surface area contributed by atoms with E-state index in [1.165, 1.54) is 12.3 Å². The summed E-state index contributed by atoms with van der Waals surface area (Å²) in [4.78, 5) is 16.4. The van der Waals surface area contributed by atoms with Gasteiger partial charge in [-0.3, -0.25) is 15.0 Å². The highest BCUT2D eigenvalue weighted by Crippen LogP contribution is 2.24. The van der Waals surface area contributed by atoms with Crippen LogP contribution in [0.1, 0.15) is 0 Å². The lowest BCUT2D eigenvalue weighted by Gasteiger charge is -2.26. The number of pyridine rings is 1. The molecule has 0 bridgehead atoms. The average Bonchev–Trinajstić information content (AvgIpc) is 2.42. The predicted octanol–water partition coefficient (Wildman–Crippen LogP) is 0.895. The monoisotopic (exact) mass is 378 g/mol. The maximum Gasteiger partial charge on any atom is 0.312 e. The molecule has 0 aliphatic carbocycles. The minimum Gasteiger partial charge on any atom is -0.363 e. The Hall–Kier alpha value is -1.26. The van der Waals surface area contributed by atoms with E-state index in [2.05, 4.69) is 26.2 Å². The number of halogens is 1. The Kier molecular flexibility index (Phi) is 5.12. The second-order valence-electron chi connectivity index (χ2n) is 4.70. The van der Waals surface area contributed by atoms with Crippen molar-refractivity contribution < 1.29 is 13.3 Å². The highest BCUT2D eigenvalue weighted by Gasteiger charge is 2.21. The molecule has 1 aliphatic heterocycles. The number of nitrogens with one attached hydrogen (secondary N) is 1. The van der Waals surface area contributed by atoms with Crippen LogP contribution in [0, 0.1) is 10.1 Å². The van der Waals surface area contributed by atoms with E-state index in [0.717, 1.165) is 0 Å². The average molecular weight is 379 g/mol. The third-order valence-electron chi connectivity index (χ3n) is 3.19. The number of nitro groups is 1. The van der Waals surface area contributed by atoms with Gasteiger partial charge in [0.25, 0.3) is 0 Å². The van der Waals surface area contributed by atoms with Gasteiger partial charge in [-0.05, 0) is 15.9 Å². The van der Waals surface area contributed by atoms with E-state index in [1.54, 1.807) is 0 Å². The van der Waals surface area contributed by atoms with Crippen molar-refractivity contribution in [2.45, 2.75) is 0 Å². The van der Waals surface area contributed by atoms with E-state index in [-0.39, 0.29) is 23.0 Å². The van der Waals surface area contributed by atoms with Crippen LogP contribution in [-0.2, 0) is 9.84 Å². The van der Waals surface area contributed by atoms with E-state index in [4.69, 9.17) is 0 Å². The third-order valence-corrected chi connectivity index (χ3v) is 5.23. The summed E-state index contributed by atoms with van der Waals surface area (Å²) in [5.74, 6) is 0.556. The molecule has 1 N–H and O–H groups in total. The Bertz CT molecular complexity index is 623. The van der Waals surface area contributed by atoms with Crippen molar-refractivity contribution in [1.82, 2.24) is 9.88 Å². The lowest BCUT2D eigenvalue weighted by Crippen LogP contribution is -2.42. The van der Waals surface area contributed by atoms with E-state index in [0.29, 0.717) is 30.7 Å². The van der Waals surface area contributed by atoms with Gasteiger partial charge in [0.1, 0.15) is 0 Å². The maximum atomic E-state index is 11.3. The van der Waals surface area contributed by atoms with Crippen molar-refractivity contribution in [3.8, 4) is 0 Å². The fraction of sp³-hybridized carbons (Fsp3) is 0.545. The molecule has 0 amide bonds. The molecule has 1 aromatic rings. The second-order valence-corrected chi connectivity index (χ2v) is 7.92. The number of nitrogens with zero attached hydrogens (tertiary/aromatic N) is 3. The SMILES string of the molecule is O=[N+]([O-])c1cc(Br)cnc1NCCN1CCS(=O)(=O)CC1. The van der Waals surface area contributed by atoms with Crippen molar-refractivity contribution in [3.05, 3.63) is 26.9 Å². The molecule has 8 nitrogen and oxygen atoms in total. The molecule has 0 aromatic carbocycles. The van der Waals surface area contributed by atoms with Gasteiger partial charge in [0.15, 0.2) is 9.84 Å². The summed E-state index contributed by atoms with van der Waals surface area (Å²) < 4.78 is 23.2. The van der Waals surface area contributed by atoms with Crippen LogP contribution in [0.5, 0.6) is 0 Å². The van der Waals surface area contributed by atoms with Gasteiger partial charge >= 0.3 is 5.69 Å². The predicted molar refractivity (Wildman–Crippen MR) is 82.2 cm³/mol. The van der Waals surface area contributed by atoms with E-state index < -0.39 is 14.8 Å². The Morgan fingerprint density at radius 3 is 2.71 bits per heavy atom. The molecule has 116 valence electrons. The van der Waals surface area contributed by atoms with Crippen molar-refractivity contribution in [2.24, 2.45) is 0 Å². The molecule has 1 aliphatic rings. The summed E-state index contributed by atoms with van der Waals surface area (Å²) >= 11 is 3.15. The number of hydrogen-bond acceptors (Lipinski definition) is 7. The van der Waals surface area contributed by atoms with Crippen LogP contribution in [0.2, 0.25) is 0 Å². The van der Waals surface area contributed by atoms with Gasteiger partial charge in [-0.1, -0.05) is 0 Å². The first-order valence-electron chi connectivity index (χ1n) is 6.34. The molecule has 0 radical (unpaired) electrons. The van der Waals surface area contributed by atoms with Crippen molar-refractivity contribution >= 4 is 37.3 Å². The molecule has 0 saturated carbocycles. The zero-order chi connectivity index (χ0) is 15.5. The zero-order valence-corrected chi connectivity index (χ0v) is 13.6. The van der Waals surface area contributed by atoms with Gasteiger partial charge in [0, 0.05) is 42.9 Å². The first kappa shape index (κ1) is 16.1. The molecule has 0 spiro atoms. The van der Waals surface area contributed by atoms with Crippen molar-refractivity contribution in [1.29, 1.82) is 0 Å². The summed E-state index contributed by atoms with van der Waals surface area (Å²) in [6.07, 6.45) is 1.49. The van der Waals surface area contributed by atoms with Crippen molar-refractivity contribution in [3.63, 3.8) is 0 Å². The molecular formula is C11H15BrN4O4S. The standard InChI is InChI=1S/C11H15BrN4O4S/c12-9-7-10(16(17)18)11(14-8-9)13-1-2-15-3-5-21(19,20)6-4-15/h7-8H,1-6H2,(H,13,14). The number of rotatable bonds is 5. The summed E-state index contributed by atoms with van der Waals surface area (Å²) in [6, 6.07) is 1.39. The Morgan fingerprint density at radius 1 is 1.43 bits per heavy atom. The molecule has 1 aromatic heterocycles. The molecule has 1 saturated heterocycles. The smallest absolute Gasteiger partial charge is 0.312 e. The van der Waals surface area contributed by atoms with Gasteiger partial charge < -0.3 is 5.32 Å². The highest BCUT2D eigenvalue weighted by molar-refractivity contribution is 9.10. The fourth-order valence-electron chi connectivity index (χ4n) is 2.01. The minimum absolute atomic E-state index is 0.0920. The van der Waals surface area contributed by atoms with Crippen LogP contribution < -0.4 is 5.32 Å². The summed E-state index contributed by atoms with van der Waals surface area (Å²) in [7, 11) is -2.88. The molecule has 0 unspecified atom stereocenters. The Morgan fingerprint density at radius 2 is 2.10 bits per heavy atom. The van der Waals surface area contributed by atoms with Gasteiger partial charge in [-0.2, -0.15) is 0 Å². The Labute approximate surface area is 130 Å². The Balaban J connectivity index is 1.88. The molecule has 1 fully saturated rings. The summed E-state index contributed by atoms with van der Waals surface area (Å²) in [5, 5.41) is 13.9. The quantitative estimate of drug-likeness (QED) is 0.598. The number of sulfone groups is 1. The molecule has 21 heavy (non-hydrogen) atoms. The van der Waals surface area contributed by atoms with Crippen LogP contribution >= 0.6 is 15.9 Å². The van der Waals surface area contributed by atoms with Gasteiger partial charge in [-0.15, -0.1) is 0 Å². The van der Waals surface area contributed by atoms with E-state index in [9.17, 15) is 18.5 Å². The van der Waals surface area contributed by atoms with E-state index in [1.807, 2.05) is 4.90 Å². The largest absolute Gasteiger partial charge is 0.363 e. The van der Waals surface area contributed by atoms with E-state index >= 15 is 0 Å². The molecular weight excluding hydrogens is 364 g/mol. The summed E-state index contributed by atoms with van der Waals surface area (Å²) in [6.45, 7) is 2.08. The van der Waals surface area contributed by atoms with Crippen LogP contribution in [-0.4, -0.2) is 60.9 Å². The minimum atomic E-state index is -2.88. The first-order valence-corrected chi connectivity index (χ1v) is 8.95. The zero-order valence-electron chi connectivity index (χ0n) is 11.2. The molecule has 2 heterocycles.